The van der Waals surface area contributed by atoms with Crippen LogP contribution in [0.25, 0.3) is 0 Å². The van der Waals surface area contributed by atoms with E-state index in [1.54, 1.807) is 0 Å². The molecule has 1 aromatic carbocycles. The van der Waals surface area contributed by atoms with Gasteiger partial charge in [0.25, 0.3) is 0 Å². The lowest BCUT2D eigenvalue weighted by Crippen LogP contribution is -2.27. The number of alkyl halides is 2. The first kappa shape index (κ1) is 13.0. The minimum atomic E-state index is 0.325. The van der Waals surface area contributed by atoms with Gasteiger partial charge in [-0.1, -0.05) is 22.0 Å². The molecule has 0 unspecified atom stereocenters. The van der Waals surface area contributed by atoms with Gasteiger partial charge < -0.3 is 9.47 Å². The molecule has 94 valence electrons. The largest absolute Gasteiger partial charge is 0.454 e. The maximum absolute atomic E-state index is 5.79. The predicted molar refractivity (Wildman–Crippen MR) is 72.4 cm³/mol. The standard InChI is InChI=1S/C12H15BrClNO2/c13-3-5-15(6-4-14)8-10-1-2-11-12(7-10)17-9-16-11/h1-2,7H,3-6,8-9H2. The number of halogens is 2. The molecule has 1 aliphatic rings. The van der Waals surface area contributed by atoms with Crippen molar-refractivity contribution in [2.45, 2.75) is 6.54 Å². The molecule has 0 atom stereocenters. The van der Waals surface area contributed by atoms with E-state index in [1.165, 1.54) is 5.56 Å². The van der Waals surface area contributed by atoms with Gasteiger partial charge in [0.2, 0.25) is 6.79 Å². The van der Waals surface area contributed by atoms with Crippen molar-refractivity contribution in [1.82, 2.24) is 4.90 Å². The maximum Gasteiger partial charge on any atom is 0.231 e. The van der Waals surface area contributed by atoms with Gasteiger partial charge in [-0.2, -0.15) is 0 Å². The Morgan fingerprint density at radius 3 is 2.82 bits per heavy atom. The third kappa shape index (κ3) is 3.50. The second kappa shape index (κ2) is 6.47. The van der Waals surface area contributed by atoms with Crippen LogP contribution < -0.4 is 9.47 Å². The molecule has 0 N–H and O–H groups in total. The summed E-state index contributed by atoms with van der Waals surface area (Å²) in [5, 5.41) is 0.953. The van der Waals surface area contributed by atoms with E-state index in [4.69, 9.17) is 21.1 Å². The zero-order valence-electron chi connectivity index (χ0n) is 9.49. The molecule has 17 heavy (non-hydrogen) atoms. The molecule has 0 spiro atoms. The Hall–Kier alpha value is -0.450. The summed E-state index contributed by atoms with van der Waals surface area (Å²) < 4.78 is 10.7. The van der Waals surface area contributed by atoms with E-state index in [0.29, 0.717) is 12.7 Å². The van der Waals surface area contributed by atoms with E-state index >= 15 is 0 Å². The van der Waals surface area contributed by atoms with Gasteiger partial charge >= 0.3 is 0 Å². The summed E-state index contributed by atoms with van der Waals surface area (Å²) in [6.07, 6.45) is 0. The molecule has 1 aliphatic heterocycles. The lowest BCUT2D eigenvalue weighted by molar-refractivity contribution is 0.174. The third-order valence-corrected chi connectivity index (χ3v) is 3.17. The Labute approximate surface area is 115 Å². The number of hydrogen-bond acceptors (Lipinski definition) is 3. The topological polar surface area (TPSA) is 21.7 Å². The van der Waals surface area contributed by atoms with E-state index in [0.717, 1.165) is 36.5 Å². The third-order valence-electron chi connectivity index (χ3n) is 2.64. The maximum atomic E-state index is 5.79. The van der Waals surface area contributed by atoms with Crippen molar-refractivity contribution in [2.75, 3.05) is 31.1 Å². The van der Waals surface area contributed by atoms with Gasteiger partial charge in [0, 0.05) is 30.8 Å². The molecule has 0 amide bonds. The lowest BCUT2D eigenvalue weighted by Gasteiger charge is -2.20. The van der Waals surface area contributed by atoms with Gasteiger partial charge in [0.1, 0.15) is 0 Å². The zero-order valence-corrected chi connectivity index (χ0v) is 11.8. The molecule has 0 aliphatic carbocycles. The number of ether oxygens (including phenoxy) is 2. The van der Waals surface area contributed by atoms with Crippen LogP contribution in [0.15, 0.2) is 18.2 Å². The number of nitrogens with zero attached hydrogens (tertiary/aromatic N) is 1. The first-order chi connectivity index (χ1) is 8.33. The molecule has 2 rings (SSSR count). The molecule has 3 nitrogen and oxygen atoms in total. The van der Waals surface area contributed by atoms with E-state index in [9.17, 15) is 0 Å². The second-order valence-electron chi connectivity index (χ2n) is 3.84. The summed E-state index contributed by atoms with van der Waals surface area (Å²) >= 11 is 9.24. The normalized spacial score (nSPS) is 13.4. The monoisotopic (exact) mass is 319 g/mol. The van der Waals surface area contributed by atoms with Crippen LogP contribution in [0.5, 0.6) is 11.5 Å². The fourth-order valence-electron chi connectivity index (χ4n) is 1.81. The van der Waals surface area contributed by atoms with Crippen LogP contribution in [-0.2, 0) is 6.54 Å². The van der Waals surface area contributed by atoms with Crippen molar-refractivity contribution in [3.05, 3.63) is 23.8 Å². The van der Waals surface area contributed by atoms with E-state index in [2.05, 4.69) is 26.9 Å². The van der Waals surface area contributed by atoms with E-state index in [-0.39, 0.29) is 0 Å². The molecular weight excluding hydrogens is 305 g/mol. The molecule has 0 saturated heterocycles. The van der Waals surface area contributed by atoms with Gasteiger partial charge in [0.05, 0.1) is 0 Å². The van der Waals surface area contributed by atoms with Crippen molar-refractivity contribution >= 4 is 27.5 Å². The SMILES string of the molecule is ClCCN(CCBr)Cc1ccc2c(c1)OCO2. The second-order valence-corrected chi connectivity index (χ2v) is 5.01. The van der Waals surface area contributed by atoms with Crippen LogP contribution >= 0.6 is 27.5 Å². The van der Waals surface area contributed by atoms with Crippen LogP contribution in [0, 0.1) is 0 Å². The molecule has 0 radical (unpaired) electrons. The van der Waals surface area contributed by atoms with E-state index in [1.807, 2.05) is 12.1 Å². The number of fused-ring (bicyclic) bond motifs is 1. The van der Waals surface area contributed by atoms with Crippen LogP contribution in [-0.4, -0.2) is 36.0 Å². The Kier molecular flexibility index (Phi) is 4.95. The zero-order chi connectivity index (χ0) is 12.1. The van der Waals surface area contributed by atoms with Gasteiger partial charge in [-0.05, 0) is 17.7 Å². The summed E-state index contributed by atoms with van der Waals surface area (Å²) in [7, 11) is 0. The Morgan fingerprint density at radius 1 is 1.24 bits per heavy atom. The van der Waals surface area contributed by atoms with Crippen molar-refractivity contribution < 1.29 is 9.47 Å². The van der Waals surface area contributed by atoms with Crippen LogP contribution in [0.3, 0.4) is 0 Å². The quantitative estimate of drug-likeness (QED) is 0.752. The molecule has 1 heterocycles. The Morgan fingerprint density at radius 2 is 2.06 bits per heavy atom. The predicted octanol–water partition coefficient (Wildman–Crippen LogP) is 2.85. The van der Waals surface area contributed by atoms with Gasteiger partial charge in [-0.15, -0.1) is 11.6 Å². The molecule has 0 aromatic heterocycles. The highest BCUT2D eigenvalue weighted by Crippen LogP contribution is 2.32. The molecule has 1 aromatic rings. The number of benzene rings is 1. The Bertz CT molecular complexity index is 370. The molecule has 0 saturated carbocycles. The molecule has 0 bridgehead atoms. The molecular formula is C12H15BrClNO2. The first-order valence-corrected chi connectivity index (χ1v) is 7.22. The smallest absolute Gasteiger partial charge is 0.231 e. The van der Waals surface area contributed by atoms with Crippen LogP contribution in [0.4, 0.5) is 0 Å². The highest BCUT2D eigenvalue weighted by molar-refractivity contribution is 9.09. The number of rotatable bonds is 6. The van der Waals surface area contributed by atoms with Gasteiger partial charge in [-0.3, -0.25) is 4.90 Å². The summed E-state index contributed by atoms with van der Waals surface area (Å²) in [4.78, 5) is 2.30. The van der Waals surface area contributed by atoms with Gasteiger partial charge in [0.15, 0.2) is 11.5 Å². The average molecular weight is 321 g/mol. The van der Waals surface area contributed by atoms with Gasteiger partial charge in [-0.25, -0.2) is 0 Å². The minimum Gasteiger partial charge on any atom is -0.454 e. The lowest BCUT2D eigenvalue weighted by atomic mass is 10.2. The summed E-state index contributed by atoms with van der Waals surface area (Å²) in [6.45, 7) is 3.09. The van der Waals surface area contributed by atoms with E-state index < -0.39 is 0 Å². The van der Waals surface area contributed by atoms with Crippen LogP contribution in [0.1, 0.15) is 5.56 Å². The van der Waals surface area contributed by atoms with Crippen molar-refractivity contribution in [3.8, 4) is 11.5 Å². The fraction of sp³-hybridized carbons (Fsp3) is 0.500. The summed E-state index contributed by atoms with van der Waals surface area (Å²) in [5.74, 6) is 2.32. The summed E-state index contributed by atoms with van der Waals surface area (Å²) in [5.41, 5.74) is 1.22. The average Bonchev–Trinajstić information content (AvgIpc) is 2.77. The fourth-order valence-corrected chi connectivity index (χ4v) is 2.55. The summed E-state index contributed by atoms with van der Waals surface area (Å²) in [6, 6.07) is 6.07. The van der Waals surface area contributed by atoms with Crippen molar-refractivity contribution in [2.24, 2.45) is 0 Å². The minimum absolute atomic E-state index is 0.325. The van der Waals surface area contributed by atoms with Crippen molar-refractivity contribution in [3.63, 3.8) is 0 Å². The Balaban J connectivity index is 2.01. The highest BCUT2D eigenvalue weighted by atomic mass is 79.9. The number of hydrogen-bond donors (Lipinski definition) is 0. The molecule has 5 heteroatoms. The highest BCUT2D eigenvalue weighted by Gasteiger charge is 2.14. The molecule has 0 fully saturated rings. The van der Waals surface area contributed by atoms with Crippen molar-refractivity contribution in [1.29, 1.82) is 0 Å². The first-order valence-electron chi connectivity index (χ1n) is 5.56. The van der Waals surface area contributed by atoms with Crippen LogP contribution in [0.2, 0.25) is 0 Å².